The Morgan fingerprint density at radius 3 is 2.54 bits per heavy atom. The van der Waals surface area contributed by atoms with Crippen LogP contribution in [0.15, 0.2) is 22.7 Å². The number of halogens is 2. The van der Waals surface area contributed by atoms with Gasteiger partial charge in [-0.1, -0.05) is 27.5 Å². The molecule has 13 heavy (non-hydrogen) atoms. The van der Waals surface area contributed by atoms with Gasteiger partial charge >= 0.3 is 0 Å². The van der Waals surface area contributed by atoms with E-state index in [9.17, 15) is 10.2 Å². The Labute approximate surface area is 90.3 Å². The first-order valence-corrected chi connectivity index (χ1v) is 5.00. The zero-order valence-electron chi connectivity index (χ0n) is 7.04. The fourth-order valence-corrected chi connectivity index (χ4v) is 1.66. The van der Waals surface area contributed by atoms with E-state index in [1.807, 2.05) is 0 Å². The van der Waals surface area contributed by atoms with Crippen LogP contribution in [0.1, 0.15) is 18.6 Å². The molecule has 0 saturated heterocycles. The lowest BCUT2D eigenvalue weighted by Crippen LogP contribution is -2.14. The SMILES string of the molecule is CC(O)[C@@H](O)c1cc(Cl)ccc1Br. The minimum absolute atomic E-state index is 0.540. The van der Waals surface area contributed by atoms with Crippen molar-refractivity contribution in [3.8, 4) is 0 Å². The van der Waals surface area contributed by atoms with Gasteiger partial charge < -0.3 is 10.2 Å². The number of benzene rings is 1. The molecular weight excluding hydrogens is 255 g/mol. The average molecular weight is 266 g/mol. The molecule has 0 fully saturated rings. The minimum atomic E-state index is -0.909. The molecule has 0 aliphatic carbocycles. The summed E-state index contributed by atoms with van der Waals surface area (Å²) in [4.78, 5) is 0. The quantitative estimate of drug-likeness (QED) is 0.863. The second kappa shape index (κ2) is 4.42. The van der Waals surface area contributed by atoms with E-state index in [2.05, 4.69) is 15.9 Å². The van der Waals surface area contributed by atoms with Gasteiger partial charge in [-0.05, 0) is 30.7 Å². The van der Waals surface area contributed by atoms with Crippen LogP contribution in [0.5, 0.6) is 0 Å². The zero-order chi connectivity index (χ0) is 10.0. The lowest BCUT2D eigenvalue weighted by Gasteiger charge is -2.15. The highest BCUT2D eigenvalue weighted by Gasteiger charge is 2.16. The molecule has 1 aromatic rings. The zero-order valence-corrected chi connectivity index (χ0v) is 9.38. The van der Waals surface area contributed by atoms with Crippen molar-refractivity contribution in [3.05, 3.63) is 33.3 Å². The third-order valence-corrected chi connectivity index (χ3v) is 2.69. The second-order valence-electron chi connectivity index (χ2n) is 2.85. The van der Waals surface area contributed by atoms with Gasteiger partial charge in [0.05, 0.1) is 6.10 Å². The van der Waals surface area contributed by atoms with Crippen molar-refractivity contribution < 1.29 is 10.2 Å². The largest absolute Gasteiger partial charge is 0.390 e. The van der Waals surface area contributed by atoms with E-state index < -0.39 is 12.2 Å². The third-order valence-electron chi connectivity index (χ3n) is 1.73. The highest BCUT2D eigenvalue weighted by atomic mass is 79.9. The van der Waals surface area contributed by atoms with Gasteiger partial charge in [0.25, 0.3) is 0 Å². The standard InChI is InChI=1S/C9H10BrClO2/c1-5(12)9(13)7-4-6(11)2-3-8(7)10/h2-5,9,12-13H,1H3/t5?,9-/m1/s1. The van der Waals surface area contributed by atoms with Gasteiger partial charge in [-0.2, -0.15) is 0 Å². The summed E-state index contributed by atoms with van der Waals surface area (Å²) in [6, 6.07) is 5.08. The maximum absolute atomic E-state index is 9.56. The van der Waals surface area contributed by atoms with Crippen LogP contribution in [0.25, 0.3) is 0 Å². The number of hydrogen-bond donors (Lipinski definition) is 2. The van der Waals surface area contributed by atoms with Crippen LogP contribution in [0.4, 0.5) is 0 Å². The number of rotatable bonds is 2. The van der Waals surface area contributed by atoms with E-state index in [-0.39, 0.29) is 0 Å². The molecule has 4 heteroatoms. The van der Waals surface area contributed by atoms with E-state index in [0.29, 0.717) is 10.6 Å². The van der Waals surface area contributed by atoms with Crippen LogP contribution in [-0.4, -0.2) is 16.3 Å². The van der Waals surface area contributed by atoms with Gasteiger partial charge in [0, 0.05) is 9.50 Å². The fourth-order valence-electron chi connectivity index (χ4n) is 1.00. The Kier molecular flexibility index (Phi) is 3.74. The predicted octanol–water partition coefficient (Wildman–Crippen LogP) is 2.52. The van der Waals surface area contributed by atoms with Gasteiger partial charge in [0.2, 0.25) is 0 Å². The first kappa shape index (κ1) is 11.0. The molecule has 0 aliphatic rings. The minimum Gasteiger partial charge on any atom is -0.390 e. The predicted molar refractivity (Wildman–Crippen MR) is 55.8 cm³/mol. The van der Waals surface area contributed by atoms with Gasteiger partial charge in [0.1, 0.15) is 6.10 Å². The van der Waals surface area contributed by atoms with E-state index >= 15 is 0 Å². The maximum Gasteiger partial charge on any atom is 0.106 e. The molecule has 1 aromatic carbocycles. The Hall–Kier alpha value is -0.0900. The maximum atomic E-state index is 9.56. The summed E-state index contributed by atoms with van der Waals surface area (Å²) in [6.45, 7) is 1.53. The number of aliphatic hydroxyl groups is 2. The average Bonchev–Trinajstić information content (AvgIpc) is 2.08. The monoisotopic (exact) mass is 264 g/mol. The first-order valence-electron chi connectivity index (χ1n) is 3.83. The molecule has 72 valence electrons. The van der Waals surface area contributed by atoms with Crippen LogP contribution < -0.4 is 0 Å². The van der Waals surface area contributed by atoms with Crippen molar-refractivity contribution >= 4 is 27.5 Å². The Balaban J connectivity index is 3.05. The van der Waals surface area contributed by atoms with E-state index in [1.165, 1.54) is 6.92 Å². The fraction of sp³-hybridized carbons (Fsp3) is 0.333. The van der Waals surface area contributed by atoms with Crippen LogP contribution in [0.2, 0.25) is 5.02 Å². The number of hydrogen-bond acceptors (Lipinski definition) is 2. The third kappa shape index (κ3) is 2.68. The Morgan fingerprint density at radius 2 is 2.00 bits per heavy atom. The summed E-state index contributed by atoms with van der Waals surface area (Å²) in [5.74, 6) is 0. The first-order chi connectivity index (χ1) is 6.02. The molecule has 2 atom stereocenters. The molecule has 0 spiro atoms. The molecule has 0 heterocycles. The summed E-state index contributed by atoms with van der Waals surface area (Å²) in [5.41, 5.74) is 0.600. The van der Waals surface area contributed by atoms with Crippen molar-refractivity contribution in [2.45, 2.75) is 19.1 Å². The van der Waals surface area contributed by atoms with Gasteiger partial charge in [-0.25, -0.2) is 0 Å². The summed E-state index contributed by atoms with van der Waals surface area (Å²) in [7, 11) is 0. The van der Waals surface area contributed by atoms with E-state index in [1.54, 1.807) is 18.2 Å². The van der Waals surface area contributed by atoms with Crippen molar-refractivity contribution in [1.29, 1.82) is 0 Å². The Bertz CT molecular complexity index is 302. The molecule has 1 rings (SSSR count). The highest BCUT2D eigenvalue weighted by Crippen LogP contribution is 2.28. The normalized spacial score (nSPS) is 15.5. The van der Waals surface area contributed by atoms with Crippen molar-refractivity contribution in [1.82, 2.24) is 0 Å². The van der Waals surface area contributed by atoms with Gasteiger partial charge in [-0.15, -0.1) is 0 Å². The van der Waals surface area contributed by atoms with Crippen LogP contribution in [0.3, 0.4) is 0 Å². The molecular formula is C9H10BrClO2. The van der Waals surface area contributed by atoms with Crippen LogP contribution in [0, 0.1) is 0 Å². The lowest BCUT2D eigenvalue weighted by atomic mass is 10.1. The Morgan fingerprint density at radius 1 is 1.38 bits per heavy atom. The molecule has 0 aromatic heterocycles. The molecule has 2 nitrogen and oxygen atoms in total. The molecule has 0 aliphatic heterocycles. The highest BCUT2D eigenvalue weighted by molar-refractivity contribution is 9.10. The lowest BCUT2D eigenvalue weighted by molar-refractivity contribution is 0.0301. The topological polar surface area (TPSA) is 40.5 Å². The van der Waals surface area contributed by atoms with Crippen LogP contribution in [-0.2, 0) is 0 Å². The smallest absolute Gasteiger partial charge is 0.106 e. The summed E-state index contributed by atoms with van der Waals surface area (Å²) < 4.78 is 0.741. The number of aliphatic hydroxyl groups excluding tert-OH is 2. The van der Waals surface area contributed by atoms with Crippen molar-refractivity contribution in [2.75, 3.05) is 0 Å². The van der Waals surface area contributed by atoms with Crippen molar-refractivity contribution in [3.63, 3.8) is 0 Å². The van der Waals surface area contributed by atoms with Crippen LogP contribution >= 0.6 is 27.5 Å². The van der Waals surface area contributed by atoms with E-state index in [4.69, 9.17) is 11.6 Å². The van der Waals surface area contributed by atoms with Gasteiger partial charge in [-0.3, -0.25) is 0 Å². The molecule has 0 bridgehead atoms. The molecule has 0 saturated carbocycles. The molecule has 0 radical (unpaired) electrons. The molecule has 1 unspecified atom stereocenters. The molecule has 2 N–H and O–H groups in total. The van der Waals surface area contributed by atoms with Crippen molar-refractivity contribution in [2.24, 2.45) is 0 Å². The summed E-state index contributed by atoms with van der Waals surface area (Å²) in [6.07, 6.45) is -1.72. The summed E-state index contributed by atoms with van der Waals surface area (Å²) in [5, 5.41) is 19.3. The molecule has 0 amide bonds. The van der Waals surface area contributed by atoms with E-state index in [0.717, 1.165) is 4.47 Å². The van der Waals surface area contributed by atoms with Gasteiger partial charge in [0.15, 0.2) is 0 Å². The second-order valence-corrected chi connectivity index (χ2v) is 4.14. The summed E-state index contributed by atoms with van der Waals surface area (Å²) >= 11 is 9.02.